The lowest BCUT2D eigenvalue weighted by molar-refractivity contribution is -0.136. The van der Waals surface area contributed by atoms with E-state index in [1.807, 2.05) is 0 Å². The zero-order valence-electron chi connectivity index (χ0n) is 8.94. The number of carbonyl (C=O) groups is 1. The quantitative estimate of drug-likeness (QED) is 0.661. The zero-order valence-corrected chi connectivity index (χ0v) is 10.5. The van der Waals surface area contributed by atoms with Gasteiger partial charge < -0.3 is 4.84 Å². The summed E-state index contributed by atoms with van der Waals surface area (Å²) in [5, 5.41) is 4.48. The first-order valence-corrected chi connectivity index (χ1v) is 5.32. The molecule has 0 atom stereocenters. The molecule has 1 aromatic carbocycles. The molecule has 92 valence electrons. The highest BCUT2D eigenvalue weighted by Crippen LogP contribution is 2.22. The second-order valence-corrected chi connectivity index (χ2v) is 3.69. The van der Waals surface area contributed by atoms with Crippen LogP contribution in [0.4, 0.5) is 0 Å². The van der Waals surface area contributed by atoms with Crippen LogP contribution in [0.1, 0.15) is 5.56 Å². The van der Waals surface area contributed by atoms with Crippen LogP contribution in [-0.2, 0) is 14.5 Å². The minimum atomic E-state index is -0.449. The SMILES string of the molecule is CONC(=O)CO/N=C/c1c(Cl)cccc1Cl. The summed E-state index contributed by atoms with van der Waals surface area (Å²) in [7, 11) is 1.32. The number of halogens is 2. The van der Waals surface area contributed by atoms with Crippen molar-refractivity contribution in [2.45, 2.75) is 0 Å². The third-order valence-electron chi connectivity index (χ3n) is 1.67. The van der Waals surface area contributed by atoms with Crippen LogP contribution in [0.3, 0.4) is 0 Å². The van der Waals surface area contributed by atoms with Gasteiger partial charge in [-0.05, 0) is 12.1 Å². The molecule has 0 saturated carbocycles. The smallest absolute Gasteiger partial charge is 0.284 e. The molecular weight excluding hydrogens is 267 g/mol. The van der Waals surface area contributed by atoms with Crippen LogP contribution in [0.15, 0.2) is 23.4 Å². The van der Waals surface area contributed by atoms with Crippen LogP contribution in [0.25, 0.3) is 0 Å². The van der Waals surface area contributed by atoms with Crippen LogP contribution in [0, 0.1) is 0 Å². The molecule has 0 radical (unpaired) electrons. The first kappa shape index (κ1) is 13.8. The topological polar surface area (TPSA) is 59.9 Å². The van der Waals surface area contributed by atoms with E-state index >= 15 is 0 Å². The molecule has 0 aliphatic rings. The molecule has 1 amide bonds. The number of nitrogens with zero attached hydrogens (tertiary/aromatic N) is 1. The van der Waals surface area contributed by atoms with E-state index < -0.39 is 5.91 Å². The van der Waals surface area contributed by atoms with Crippen LogP contribution in [0.2, 0.25) is 10.0 Å². The molecule has 0 aliphatic carbocycles. The van der Waals surface area contributed by atoms with Crippen molar-refractivity contribution in [2.75, 3.05) is 13.7 Å². The van der Waals surface area contributed by atoms with Crippen molar-refractivity contribution in [2.24, 2.45) is 5.16 Å². The minimum Gasteiger partial charge on any atom is -0.386 e. The fourth-order valence-electron chi connectivity index (χ4n) is 0.963. The second kappa shape index (κ2) is 7.11. The Balaban J connectivity index is 2.51. The Bertz CT molecular complexity index is 404. The summed E-state index contributed by atoms with van der Waals surface area (Å²) in [4.78, 5) is 20.0. The molecule has 0 spiro atoms. The van der Waals surface area contributed by atoms with Gasteiger partial charge in [0.25, 0.3) is 5.91 Å². The van der Waals surface area contributed by atoms with E-state index in [9.17, 15) is 4.79 Å². The van der Waals surface area contributed by atoms with Crippen molar-refractivity contribution in [3.05, 3.63) is 33.8 Å². The summed E-state index contributed by atoms with van der Waals surface area (Å²) in [6.07, 6.45) is 1.34. The summed E-state index contributed by atoms with van der Waals surface area (Å²) < 4.78 is 0. The van der Waals surface area contributed by atoms with Gasteiger partial charge >= 0.3 is 0 Å². The minimum absolute atomic E-state index is 0.258. The molecular formula is C10H10Cl2N2O3. The Morgan fingerprint density at radius 1 is 1.47 bits per heavy atom. The summed E-state index contributed by atoms with van der Waals surface area (Å²) in [6, 6.07) is 5.06. The van der Waals surface area contributed by atoms with Gasteiger partial charge in [-0.3, -0.25) is 9.63 Å². The fourth-order valence-corrected chi connectivity index (χ4v) is 1.46. The molecule has 0 bridgehead atoms. The molecule has 0 heterocycles. The lowest BCUT2D eigenvalue weighted by Gasteiger charge is -2.01. The molecule has 5 nitrogen and oxygen atoms in total. The Morgan fingerprint density at radius 2 is 2.12 bits per heavy atom. The number of carbonyl (C=O) groups excluding carboxylic acids is 1. The third kappa shape index (κ3) is 4.60. The predicted octanol–water partition coefficient (Wildman–Crippen LogP) is 2.02. The van der Waals surface area contributed by atoms with E-state index in [4.69, 9.17) is 28.0 Å². The van der Waals surface area contributed by atoms with Crippen LogP contribution in [-0.4, -0.2) is 25.8 Å². The zero-order chi connectivity index (χ0) is 12.7. The van der Waals surface area contributed by atoms with E-state index in [1.54, 1.807) is 18.2 Å². The van der Waals surface area contributed by atoms with Gasteiger partial charge in [-0.25, -0.2) is 5.48 Å². The number of amides is 1. The van der Waals surface area contributed by atoms with Crippen molar-refractivity contribution in [1.82, 2.24) is 5.48 Å². The average Bonchev–Trinajstić information content (AvgIpc) is 2.28. The van der Waals surface area contributed by atoms with Crippen LogP contribution < -0.4 is 5.48 Å². The van der Waals surface area contributed by atoms with Gasteiger partial charge in [0.15, 0.2) is 6.61 Å². The molecule has 1 aromatic rings. The maximum atomic E-state index is 10.9. The Labute approximate surface area is 108 Å². The van der Waals surface area contributed by atoms with Gasteiger partial charge in [0.05, 0.1) is 23.4 Å². The molecule has 0 aliphatic heterocycles. The molecule has 1 rings (SSSR count). The number of hydroxylamine groups is 1. The summed E-state index contributed by atoms with van der Waals surface area (Å²) in [5.41, 5.74) is 2.61. The lowest BCUT2D eigenvalue weighted by Crippen LogP contribution is -2.25. The summed E-state index contributed by atoms with van der Waals surface area (Å²) >= 11 is 11.8. The predicted molar refractivity (Wildman–Crippen MR) is 65.2 cm³/mol. The molecule has 0 fully saturated rings. The Hall–Kier alpha value is -1.30. The van der Waals surface area contributed by atoms with Crippen LogP contribution >= 0.6 is 23.2 Å². The summed E-state index contributed by atoms with van der Waals surface area (Å²) in [6.45, 7) is -0.258. The lowest BCUT2D eigenvalue weighted by atomic mass is 10.2. The highest BCUT2D eigenvalue weighted by molar-refractivity contribution is 6.38. The van der Waals surface area contributed by atoms with Crippen molar-refractivity contribution in [3.63, 3.8) is 0 Å². The molecule has 7 heteroatoms. The van der Waals surface area contributed by atoms with Crippen LogP contribution in [0.5, 0.6) is 0 Å². The van der Waals surface area contributed by atoms with Crippen molar-refractivity contribution in [1.29, 1.82) is 0 Å². The van der Waals surface area contributed by atoms with Crippen molar-refractivity contribution < 1.29 is 14.5 Å². The Morgan fingerprint density at radius 3 is 2.71 bits per heavy atom. The highest BCUT2D eigenvalue weighted by atomic mass is 35.5. The largest absolute Gasteiger partial charge is 0.386 e. The molecule has 0 unspecified atom stereocenters. The highest BCUT2D eigenvalue weighted by Gasteiger charge is 2.03. The van der Waals surface area contributed by atoms with E-state index in [1.165, 1.54) is 13.3 Å². The maximum Gasteiger partial charge on any atom is 0.284 e. The number of benzene rings is 1. The van der Waals surface area contributed by atoms with Crippen molar-refractivity contribution >= 4 is 35.3 Å². The van der Waals surface area contributed by atoms with Gasteiger partial charge in [0.2, 0.25) is 0 Å². The molecule has 0 saturated heterocycles. The van der Waals surface area contributed by atoms with Gasteiger partial charge in [-0.15, -0.1) is 0 Å². The fraction of sp³-hybridized carbons (Fsp3) is 0.200. The molecule has 1 N–H and O–H groups in total. The Kier molecular flexibility index (Phi) is 5.76. The van der Waals surface area contributed by atoms with E-state index in [2.05, 4.69) is 15.5 Å². The first-order chi connectivity index (χ1) is 8.15. The number of hydrogen-bond donors (Lipinski definition) is 1. The number of oxime groups is 1. The number of rotatable bonds is 5. The molecule has 0 aromatic heterocycles. The second-order valence-electron chi connectivity index (χ2n) is 2.87. The first-order valence-electron chi connectivity index (χ1n) is 4.56. The third-order valence-corrected chi connectivity index (χ3v) is 2.33. The average molecular weight is 277 g/mol. The van der Waals surface area contributed by atoms with Gasteiger partial charge in [0, 0.05) is 5.56 Å². The standard InChI is InChI=1S/C10H10Cl2N2O3/c1-16-14-10(15)6-17-13-5-7-8(11)3-2-4-9(7)12/h2-5H,6H2,1H3,(H,14,15)/b13-5+. The summed E-state index contributed by atoms with van der Waals surface area (Å²) in [5.74, 6) is -0.449. The molecule has 17 heavy (non-hydrogen) atoms. The number of hydrogen-bond acceptors (Lipinski definition) is 4. The van der Waals surface area contributed by atoms with Gasteiger partial charge in [-0.1, -0.05) is 34.4 Å². The van der Waals surface area contributed by atoms with E-state index in [0.717, 1.165) is 0 Å². The maximum absolute atomic E-state index is 10.9. The van der Waals surface area contributed by atoms with E-state index in [-0.39, 0.29) is 6.61 Å². The number of nitrogens with one attached hydrogen (secondary N) is 1. The normalized spacial score (nSPS) is 10.5. The van der Waals surface area contributed by atoms with Gasteiger partial charge in [-0.2, -0.15) is 0 Å². The monoisotopic (exact) mass is 276 g/mol. The van der Waals surface area contributed by atoms with E-state index in [0.29, 0.717) is 15.6 Å². The van der Waals surface area contributed by atoms with Gasteiger partial charge in [0.1, 0.15) is 0 Å². The van der Waals surface area contributed by atoms with Crippen molar-refractivity contribution in [3.8, 4) is 0 Å².